The lowest BCUT2D eigenvalue weighted by atomic mass is 9.82. The van der Waals surface area contributed by atoms with Crippen molar-refractivity contribution in [1.29, 1.82) is 0 Å². The third-order valence-electron chi connectivity index (χ3n) is 5.84. The number of benzene rings is 3. The van der Waals surface area contributed by atoms with Gasteiger partial charge in [-0.25, -0.2) is 0 Å². The first-order valence-electron chi connectivity index (χ1n) is 8.98. The van der Waals surface area contributed by atoms with Gasteiger partial charge < -0.3 is 0 Å². The zero-order valence-electron chi connectivity index (χ0n) is 14.5. The summed E-state index contributed by atoms with van der Waals surface area (Å²) in [6.45, 7) is 2.28. The highest BCUT2D eigenvalue weighted by atomic mass is 79.9. The molecule has 0 aliphatic heterocycles. The van der Waals surface area contributed by atoms with Gasteiger partial charge in [0.05, 0.1) is 0 Å². The van der Waals surface area contributed by atoms with Gasteiger partial charge in [-0.05, 0) is 71.0 Å². The van der Waals surface area contributed by atoms with Crippen molar-refractivity contribution in [3.8, 4) is 11.1 Å². The van der Waals surface area contributed by atoms with E-state index < -0.39 is 0 Å². The predicted molar refractivity (Wildman–Crippen MR) is 117 cm³/mol. The maximum absolute atomic E-state index is 3.68. The van der Waals surface area contributed by atoms with Gasteiger partial charge in [-0.3, -0.25) is 0 Å². The summed E-state index contributed by atoms with van der Waals surface area (Å²) in [5.74, 6) is 0.919. The van der Waals surface area contributed by atoms with Crippen molar-refractivity contribution < 1.29 is 0 Å². The molecule has 0 amide bonds. The molecule has 3 aromatic rings. The van der Waals surface area contributed by atoms with Crippen molar-refractivity contribution in [2.24, 2.45) is 0 Å². The van der Waals surface area contributed by atoms with E-state index in [1.165, 1.54) is 39.0 Å². The Labute approximate surface area is 171 Å². The highest BCUT2D eigenvalue weighted by Crippen LogP contribution is 2.52. The summed E-state index contributed by atoms with van der Waals surface area (Å²) in [5.41, 5.74) is 10.0. The van der Waals surface area contributed by atoms with Crippen molar-refractivity contribution in [1.82, 2.24) is 0 Å². The van der Waals surface area contributed by atoms with Gasteiger partial charge in [-0.2, -0.15) is 0 Å². The molecule has 0 spiro atoms. The van der Waals surface area contributed by atoms with Gasteiger partial charge in [-0.1, -0.05) is 79.9 Å². The first-order chi connectivity index (χ1) is 12.6. The van der Waals surface area contributed by atoms with Crippen LogP contribution >= 0.6 is 31.9 Å². The van der Waals surface area contributed by atoms with Gasteiger partial charge >= 0.3 is 0 Å². The van der Waals surface area contributed by atoms with E-state index in [2.05, 4.69) is 106 Å². The van der Waals surface area contributed by atoms with Crippen LogP contribution in [0.2, 0.25) is 0 Å². The monoisotopic (exact) mass is 464 g/mol. The zero-order valence-corrected chi connectivity index (χ0v) is 17.6. The normalized spacial score (nSPS) is 17.7. The average Bonchev–Trinajstić information content (AvgIpc) is 3.10. The molecule has 0 nitrogen and oxygen atoms in total. The van der Waals surface area contributed by atoms with Crippen molar-refractivity contribution in [3.63, 3.8) is 0 Å². The topological polar surface area (TPSA) is 0 Å². The van der Waals surface area contributed by atoms with E-state index in [-0.39, 0.29) is 0 Å². The average molecular weight is 466 g/mol. The van der Waals surface area contributed by atoms with E-state index in [0.717, 1.165) is 15.4 Å². The minimum atomic E-state index is 0.425. The van der Waals surface area contributed by atoms with Gasteiger partial charge in [0, 0.05) is 20.8 Å². The molecule has 1 atom stereocenters. The molecule has 0 saturated carbocycles. The number of hydrogen-bond donors (Lipinski definition) is 0. The Kier molecular flexibility index (Phi) is 3.95. The van der Waals surface area contributed by atoms with Crippen LogP contribution in [0.25, 0.3) is 17.2 Å². The molecule has 2 aliphatic carbocycles. The fourth-order valence-electron chi connectivity index (χ4n) is 4.66. The summed E-state index contributed by atoms with van der Waals surface area (Å²) >= 11 is 7.36. The molecule has 0 fully saturated rings. The van der Waals surface area contributed by atoms with E-state index >= 15 is 0 Å². The minimum Gasteiger partial charge on any atom is -0.0652 e. The molecule has 1 unspecified atom stereocenters. The standard InChI is InChI=1S/C24H18Br2/c1-14-10-15-4-2-3-5-18(15)21(14)13-24-22-11-16(25)6-8-19(22)20-9-7-17(26)12-23(20)24/h2-12,21,24H,13H2,1H3. The van der Waals surface area contributed by atoms with E-state index in [4.69, 9.17) is 0 Å². The second-order valence-corrected chi connectivity index (χ2v) is 9.15. The van der Waals surface area contributed by atoms with Gasteiger partial charge in [-0.15, -0.1) is 0 Å². The molecule has 0 bridgehead atoms. The maximum atomic E-state index is 3.68. The summed E-state index contributed by atoms with van der Waals surface area (Å²) in [5, 5.41) is 0. The molecule has 2 heteroatoms. The van der Waals surface area contributed by atoms with Crippen molar-refractivity contribution in [2.45, 2.75) is 25.2 Å². The Bertz CT molecular complexity index is 1010. The molecule has 2 aliphatic rings. The Morgan fingerprint density at radius 3 is 2.00 bits per heavy atom. The van der Waals surface area contributed by atoms with E-state index in [1.54, 1.807) is 0 Å². The lowest BCUT2D eigenvalue weighted by molar-refractivity contribution is 0.652. The smallest absolute Gasteiger partial charge is 0.0178 e. The Morgan fingerprint density at radius 2 is 1.35 bits per heavy atom. The van der Waals surface area contributed by atoms with Crippen molar-refractivity contribution in [3.05, 3.63) is 97.4 Å². The Morgan fingerprint density at radius 1 is 0.731 bits per heavy atom. The first-order valence-corrected chi connectivity index (χ1v) is 10.6. The van der Waals surface area contributed by atoms with Crippen LogP contribution in [0, 0.1) is 0 Å². The van der Waals surface area contributed by atoms with Gasteiger partial charge in [0.25, 0.3) is 0 Å². The molecule has 0 radical (unpaired) electrons. The van der Waals surface area contributed by atoms with Crippen LogP contribution in [0.4, 0.5) is 0 Å². The van der Waals surface area contributed by atoms with Crippen LogP contribution in [0.15, 0.2) is 75.2 Å². The van der Waals surface area contributed by atoms with Gasteiger partial charge in [0.1, 0.15) is 0 Å². The lowest BCUT2D eigenvalue weighted by Gasteiger charge is -2.21. The number of rotatable bonds is 2. The Hall–Kier alpha value is -1.64. The summed E-state index contributed by atoms with van der Waals surface area (Å²) in [4.78, 5) is 0. The van der Waals surface area contributed by atoms with E-state index in [0.29, 0.717) is 11.8 Å². The Balaban J connectivity index is 1.63. The molecular formula is C24H18Br2. The number of fused-ring (bicyclic) bond motifs is 4. The SMILES string of the molecule is CC1=Cc2ccccc2C1CC1c2cc(Br)ccc2-c2ccc(Br)cc21. The molecular weight excluding hydrogens is 448 g/mol. The highest BCUT2D eigenvalue weighted by molar-refractivity contribution is 9.10. The van der Waals surface area contributed by atoms with Crippen LogP contribution in [0.3, 0.4) is 0 Å². The number of hydrogen-bond acceptors (Lipinski definition) is 0. The van der Waals surface area contributed by atoms with E-state index in [1.807, 2.05) is 0 Å². The number of allylic oxidation sites excluding steroid dienone is 1. The molecule has 0 aromatic heterocycles. The molecule has 3 aromatic carbocycles. The quantitative estimate of drug-likeness (QED) is 0.360. The van der Waals surface area contributed by atoms with E-state index in [9.17, 15) is 0 Å². The predicted octanol–water partition coefficient (Wildman–Crippen LogP) is 7.91. The van der Waals surface area contributed by atoms with Crippen LogP contribution in [-0.4, -0.2) is 0 Å². The fourth-order valence-corrected chi connectivity index (χ4v) is 5.41. The van der Waals surface area contributed by atoms with Crippen LogP contribution in [0.5, 0.6) is 0 Å². The third-order valence-corrected chi connectivity index (χ3v) is 6.83. The molecule has 0 heterocycles. The fraction of sp³-hybridized carbons (Fsp3) is 0.167. The zero-order chi connectivity index (χ0) is 17.8. The van der Waals surface area contributed by atoms with Crippen LogP contribution in [-0.2, 0) is 0 Å². The summed E-state index contributed by atoms with van der Waals surface area (Å²) in [7, 11) is 0. The largest absolute Gasteiger partial charge is 0.0652 e. The second-order valence-electron chi connectivity index (χ2n) is 7.32. The minimum absolute atomic E-state index is 0.425. The van der Waals surface area contributed by atoms with Crippen molar-refractivity contribution in [2.75, 3.05) is 0 Å². The third kappa shape index (κ3) is 2.54. The van der Waals surface area contributed by atoms with Crippen molar-refractivity contribution >= 4 is 37.9 Å². The van der Waals surface area contributed by atoms with Gasteiger partial charge in [0.2, 0.25) is 0 Å². The van der Waals surface area contributed by atoms with Gasteiger partial charge in [0.15, 0.2) is 0 Å². The van der Waals surface area contributed by atoms with Crippen LogP contribution in [0.1, 0.15) is 47.4 Å². The second kappa shape index (κ2) is 6.21. The van der Waals surface area contributed by atoms with Crippen LogP contribution < -0.4 is 0 Å². The molecule has 128 valence electrons. The summed E-state index contributed by atoms with van der Waals surface area (Å²) < 4.78 is 2.32. The maximum Gasteiger partial charge on any atom is 0.0178 e. The number of halogens is 2. The summed E-state index contributed by atoms with van der Waals surface area (Å²) in [6, 6.07) is 22.3. The molecule has 0 N–H and O–H groups in total. The molecule has 0 saturated heterocycles. The highest BCUT2D eigenvalue weighted by Gasteiger charge is 2.33. The lowest BCUT2D eigenvalue weighted by Crippen LogP contribution is -2.06. The molecule has 5 rings (SSSR count). The first kappa shape index (κ1) is 16.5. The summed E-state index contributed by atoms with van der Waals surface area (Å²) in [6.07, 6.45) is 3.48. The molecule has 26 heavy (non-hydrogen) atoms.